The maximum absolute atomic E-state index is 16.0. The van der Waals surface area contributed by atoms with E-state index in [9.17, 15) is 14.2 Å². The predicted molar refractivity (Wildman–Crippen MR) is 153 cm³/mol. The van der Waals surface area contributed by atoms with Crippen molar-refractivity contribution in [2.45, 2.75) is 49.1 Å². The van der Waals surface area contributed by atoms with E-state index in [1.807, 2.05) is 0 Å². The van der Waals surface area contributed by atoms with Gasteiger partial charge in [-0.1, -0.05) is 24.5 Å². The third-order valence-electron chi connectivity index (χ3n) is 7.22. The molecule has 4 aromatic heterocycles. The quantitative estimate of drug-likeness (QED) is 0.146. The molecule has 2 bridgehead atoms. The number of rotatable bonds is 2. The molecule has 0 unspecified atom stereocenters. The number of nitrogens with two attached hydrogens (primary N) is 2. The van der Waals surface area contributed by atoms with Crippen molar-refractivity contribution in [2.24, 2.45) is 0 Å². The van der Waals surface area contributed by atoms with Crippen molar-refractivity contribution in [3.8, 4) is 0 Å². The van der Waals surface area contributed by atoms with Gasteiger partial charge < -0.3 is 26.0 Å². The average molecular weight is 693 g/mol. The van der Waals surface area contributed by atoms with E-state index in [2.05, 4.69) is 54.4 Å². The Hall–Kier alpha value is -2.49. The van der Waals surface area contributed by atoms with Crippen LogP contribution in [0.25, 0.3) is 22.3 Å². The average Bonchev–Trinajstić information content (AvgIpc) is 3.73. The molecule has 10 atom stereocenters. The molecule has 3 saturated heterocycles. The standard InChI is InChI=1S/C20H23FN10O9P2S2/c21-9-13-8(38-19(9)30-5-28-10-15(22)24-3-26-17(10)30)2-36-42(34,44)40-14-12(32)7(1-35-41(33,43)39-13)37-20(14)31-6-29-11-16(23)25-4-27-18(11)31/h3-9,12-14,19-20,32H,1-2H2,(H,33,43)(H,34,44)(H2,22,24,26)(H2,23,25,27)/t7-,8-,9-,12-,13-,14-,19-,20-,41-,42+/m1/s1. The van der Waals surface area contributed by atoms with Crippen LogP contribution >= 0.6 is 38.1 Å². The maximum atomic E-state index is 16.0. The maximum Gasteiger partial charge on any atom is 0.386 e. The van der Waals surface area contributed by atoms with Crippen molar-refractivity contribution in [1.82, 2.24) is 39.0 Å². The van der Waals surface area contributed by atoms with E-state index in [1.54, 1.807) is 0 Å². The lowest BCUT2D eigenvalue weighted by Crippen LogP contribution is -2.35. The first-order valence-electron chi connectivity index (χ1n) is 12.7. The Labute approximate surface area is 256 Å². The highest BCUT2D eigenvalue weighted by Crippen LogP contribution is 2.60. The lowest BCUT2D eigenvalue weighted by Gasteiger charge is -2.26. The SMILES string of the molecule is Nc1ncnc2c1ncn2[C@@H]1O[C@@H]2CO[P@](=O)(S)O[C@@H]3[C@H](O)[C@@H](CO[P@@](=O)(S)O[C@H]2[C@H]1F)O[C@H]3n1cnc2c(N)ncnc21. The molecule has 0 aromatic carbocycles. The molecule has 0 amide bonds. The van der Waals surface area contributed by atoms with Gasteiger partial charge in [0.2, 0.25) is 0 Å². The molecular formula is C20H23FN10O9P2S2. The smallest absolute Gasteiger partial charge is 0.386 e. The summed E-state index contributed by atoms with van der Waals surface area (Å²) >= 11 is 8.08. The molecule has 24 heteroatoms. The lowest BCUT2D eigenvalue weighted by atomic mass is 10.1. The molecule has 236 valence electrons. The van der Waals surface area contributed by atoms with E-state index in [-0.39, 0.29) is 34.0 Å². The minimum absolute atomic E-state index is 0.0580. The second-order valence-corrected chi connectivity index (χ2v) is 15.7. The largest absolute Gasteiger partial charge is 0.387 e. The van der Waals surface area contributed by atoms with Crippen LogP contribution < -0.4 is 11.5 Å². The van der Waals surface area contributed by atoms with E-state index in [0.717, 1.165) is 0 Å². The number of hydrogen-bond donors (Lipinski definition) is 5. The highest BCUT2D eigenvalue weighted by Gasteiger charge is 2.54. The predicted octanol–water partition coefficient (Wildman–Crippen LogP) is 1.22. The molecule has 4 aromatic rings. The monoisotopic (exact) mass is 692 g/mol. The summed E-state index contributed by atoms with van der Waals surface area (Å²) in [5, 5.41) is 11.1. The summed E-state index contributed by atoms with van der Waals surface area (Å²) in [5.41, 5.74) is 12.5. The summed E-state index contributed by atoms with van der Waals surface area (Å²) in [6, 6.07) is 0. The van der Waals surface area contributed by atoms with Crippen LogP contribution in [0, 0.1) is 0 Å². The molecule has 3 aliphatic rings. The van der Waals surface area contributed by atoms with Gasteiger partial charge >= 0.3 is 13.6 Å². The highest BCUT2D eigenvalue weighted by atomic mass is 32.7. The van der Waals surface area contributed by atoms with Crippen LogP contribution in [0.3, 0.4) is 0 Å². The molecule has 0 aliphatic carbocycles. The summed E-state index contributed by atoms with van der Waals surface area (Å²) in [5.74, 6) is 0.140. The van der Waals surface area contributed by atoms with E-state index >= 15 is 4.39 Å². The first-order valence-corrected chi connectivity index (χ1v) is 18.1. The van der Waals surface area contributed by atoms with Gasteiger partial charge in [-0.2, -0.15) is 0 Å². The van der Waals surface area contributed by atoms with Gasteiger partial charge in [0.25, 0.3) is 0 Å². The lowest BCUT2D eigenvalue weighted by molar-refractivity contribution is -0.0568. The Bertz CT molecular complexity index is 1840. The molecule has 5 N–H and O–H groups in total. The van der Waals surface area contributed by atoms with E-state index in [0.29, 0.717) is 0 Å². The van der Waals surface area contributed by atoms with Gasteiger partial charge in [0.05, 0.1) is 25.9 Å². The second kappa shape index (κ2) is 11.1. The van der Waals surface area contributed by atoms with Crippen molar-refractivity contribution in [3.05, 3.63) is 25.3 Å². The van der Waals surface area contributed by atoms with Crippen LogP contribution in [0.2, 0.25) is 0 Å². The molecule has 7 rings (SSSR count). The normalized spacial score (nSPS) is 38.3. The molecule has 3 aliphatic heterocycles. The van der Waals surface area contributed by atoms with Crippen LogP contribution in [0.4, 0.5) is 16.0 Å². The number of aliphatic hydroxyl groups excluding tert-OH is 1. The number of nitrogen functional groups attached to an aromatic ring is 2. The summed E-state index contributed by atoms with van der Waals surface area (Å²) in [7, 11) is 0. The van der Waals surface area contributed by atoms with Gasteiger partial charge in [0.1, 0.15) is 54.2 Å². The van der Waals surface area contributed by atoms with Crippen LogP contribution in [-0.2, 0) is 36.7 Å². The number of anilines is 2. The first-order chi connectivity index (χ1) is 20.9. The third-order valence-corrected chi connectivity index (χ3v) is 10.4. The van der Waals surface area contributed by atoms with E-state index < -0.39 is 76.0 Å². The Morgan fingerprint density at radius 1 is 0.795 bits per heavy atom. The van der Waals surface area contributed by atoms with Crippen LogP contribution in [0.5, 0.6) is 0 Å². The zero-order valence-electron chi connectivity index (χ0n) is 22.0. The number of ether oxygens (including phenoxy) is 2. The Kier molecular flexibility index (Phi) is 7.61. The van der Waals surface area contributed by atoms with Gasteiger partial charge in [0.15, 0.2) is 41.6 Å². The van der Waals surface area contributed by atoms with Gasteiger partial charge in [-0.15, -0.1) is 0 Å². The Morgan fingerprint density at radius 3 is 1.89 bits per heavy atom. The van der Waals surface area contributed by atoms with Gasteiger partial charge in [-0.3, -0.25) is 27.2 Å². The van der Waals surface area contributed by atoms with Crippen molar-refractivity contribution in [1.29, 1.82) is 0 Å². The number of fused-ring (bicyclic) bond motifs is 5. The summed E-state index contributed by atoms with van der Waals surface area (Å²) in [6.45, 7) is -9.91. The van der Waals surface area contributed by atoms with Gasteiger partial charge in [0, 0.05) is 0 Å². The molecule has 19 nitrogen and oxygen atoms in total. The second-order valence-electron chi connectivity index (χ2n) is 9.90. The summed E-state index contributed by atoms with van der Waals surface area (Å²) in [6.07, 6.45) is -6.89. The number of aromatic nitrogens is 8. The zero-order chi connectivity index (χ0) is 31.0. The van der Waals surface area contributed by atoms with E-state index in [1.165, 1.54) is 34.4 Å². The summed E-state index contributed by atoms with van der Waals surface area (Å²) in [4.78, 5) is 24.3. The topological polar surface area (TPSA) is 249 Å². The van der Waals surface area contributed by atoms with Crippen LogP contribution in [-0.4, -0.2) is 94.0 Å². The molecule has 3 fully saturated rings. The number of alkyl halides is 1. The van der Waals surface area contributed by atoms with Crippen molar-refractivity contribution < 1.29 is 46.2 Å². The Balaban J connectivity index is 1.20. The number of nitrogens with zero attached hydrogens (tertiary/aromatic N) is 8. The molecule has 7 heterocycles. The molecule has 44 heavy (non-hydrogen) atoms. The van der Waals surface area contributed by atoms with Crippen molar-refractivity contribution in [2.75, 3.05) is 24.7 Å². The third kappa shape index (κ3) is 5.26. The van der Waals surface area contributed by atoms with Crippen molar-refractivity contribution >= 4 is 72.1 Å². The van der Waals surface area contributed by atoms with Crippen LogP contribution in [0.1, 0.15) is 12.5 Å². The van der Waals surface area contributed by atoms with Crippen LogP contribution in [0.15, 0.2) is 25.3 Å². The molecule has 0 radical (unpaired) electrons. The minimum Gasteiger partial charge on any atom is -0.387 e. The fourth-order valence-corrected chi connectivity index (χ4v) is 8.13. The highest BCUT2D eigenvalue weighted by molar-refractivity contribution is 8.44. The van der Waals surface area contributed by atoms with Crippen molar-refractivity contribution in [3.63, 3.8) is 0 Å². The number of aliphatic hydroxyl groups is 1. The number of thiol groups is 2. The molecular weight excluding hydrogens is 669 g/mol. The fraction of sp³-hybridized carbons (Fsp3) is 0.500. The molecule has 0 spiro atoms. The number of hydrogen-bond acceptors (Lipinski definition) is 17. The first kappa shape index (κ1) is 30.2. The minimum atomic E-state index is -4.36. The Morgan fingerprint density at radius 2 is 1.30 bits per heavy atom. The fourth-order valence-electron chi connectivity index (χ4n) is 5.19. The van der Waals surface area contributed by atoms with Gasteiger partial charge in [-0.25, -0.2) is 43.4 Å². The number of imidazole rings is 2. The van der Waals surface area contributed by atoms with E-state index in [4.69, 9.17) is 39.0 Å². The zero-order valence-corrected chi connectivity index (χ0v) is 25.5. The van der Waals surface area contributed by atoms with Gasteiger partial charge in [-0.05, 0) is 0 Å². The molecule has 0 saturated carbocycles. The summed E-state index contributed by atoms with van der Waals surface area (Å²) < 4.78 is 79.4. The number of halogens is 1.